The van der Waals surface area contributed by atoms with Crippen molar-refractivity contribution >= 4 is 0 Å². The van der Waals surface area contributed by atoms with Crippen LogP contribution in [0.1, 0.15) is 40.0 Å². The Labute approximate surface area is 110 Å². The van der Waals surface area contributed by atoms with Crippen molar-refractivity contribution in [2.75, 3.05) is 13.2 Å². The number of hydrogen-bond donors (Lipinski definition) is 3. The minimum Gasteiger partial charge on any atom is -0.396 e. The topological polar surface area (TPSA) is 60.7 Å². The molecular formula is C15H26O3. The van der Waals surface area contributed by atoms with Gasteiger partial charge in [-0.3, -0.25) is 0 Å². The van der Waals surface area contributed by atoms with Crippen molar-refractivity contribution in [2.24, 2.45) is 22.7 Å². The molecule has 4 atom stereocenters. The molecule has 3 N–H and O–H groups in total. The van der Waals surface area contributed by atoms with Crippen LogP contribution < -0.4 is 0 Å². The largest absolute Gasteiger partial charge is 0.396 e. The first-order valence-electron chi connectivity index (χ1n) is 6.96. The van der Waals surface area contributed by atoms with Crippen LogP contribution in [0.3, 0.4) is 0 Å². The van der Waals surface area contributed by atoms with Crippen molar-refractivity contribution in [1.82, 2.24) is 0 Å². The van der Waals surface area contributed by atoms with Gasteiger partial charge in [-0.25, -0.2) is 0 Å². The smallest absolute Gasteiger partial charge is 0.0645 e. The molecule has 18 heavy (non-hydrogen) atoms. The third-order valence-electron chi connectivity index (χ3n) is 5.73. The number of rotatable bonds is 2. The van der Waals surface area contributed by atoms with E-state index in [4.69, 9.17) is 0 Å². The van der Waals surface area contributed by atoms with Gasteiger partial charge in [-0.05, 0) is 41.6 Å². The van der Waals surface area contributed by atoms with Gasteiger partial charge in [0.2, 0.25) is 0 Å². The van der Waals surface area contributed by atoms with E-state index in [1.807, 2.05) is 0 Å². The molecule has 2 rings (SSSR count). The molecular weight excluding hydrogens is 228 g/mol. The van der Waals surface area contributed by atoms with Gasteiger partial charge in [0.1, 0.15) is 0 Å². The van der Waals surface area contributed by atoms with Gasteiger partial charge in [-0.2, -0.15) is 0 Å². The summed E-state index contributed by atoms with van der Waals surface area (Å²) in [5, 5.41) is 29.4. The predicted octanol–water partition coefficient (Wildman–Crippen LogP) is 1.72. The van der Waals surface area contributed by atoms with Crippen LogP contribution in [0.4, 0.5) is 0 Å². The minimum absolute atomic E-state index is 0.00963. The maximum Gasteiger partial charge on any atom is 0.0645 e. The fourth-order valence-corrected chi connectivity index (χ4v) is 4.40. The van der Waals surface area contributed by atoms with Crippen LogP contribution in [-0.4, -0.2) is 34.6 Å². The molecule has 0 aromatic carbocycles. The Hall–Kier alpha value is -0.380. The molecule has 0 amide bonds. The van der Waals surface area contributed by atoms with Crippen LogP contribution >= 0.6 is 0 Å². The standard InChI is InChI=1S/C15H26O3/c1-14(2)12-5-4-10(8-16)11(9-17)15(12,3)7-6-13(14)18/h4,11-13,16-18H,5-9H2,1-3H3/t11-,12-,13-,15-/m0/s1. The number of aliphatic hydroxyl groups is 3. The average molecular weight is 254 g/mol. The average Bonchev–Trinajstić information content (AvgIpc) is 2.33. The minimum atomic E-state index is -0.265. The summed E-state index contributed by atoms with van der Waals surface area (Å²) in [6.07, 6.45) is 4.42. The van der Waals surface area contributed by atoms with E-state index in [9.17, 15) is 15.3 Å². The molecule has 1 fully saturated rings. The lowest BCUT2D eigenvalue weighted by Gasteiger charge is -2.58. The van der Waals surface area contributed by atoms with Crippen molar-refractivity contribution < 1.29 is 15.3 Å². The summed E-state index contributed by atoms with van der Waals surface area (Å²) in [7, 11) is 0. The number of aliphatic hydroxyl groups excluding tert-OH is 3. The fourth-order valence-electron chi connectivity index (χ4n) is 4.40. The molecule has 0 spiro atoms. The molecule has 0 unspecified atom stereocenters. The highest BCUT2D eigenvalue weighted by atomic mass is 16.3. The second-order valence-corrected chi connectivity index (χ2v) is 6.84. The molecule has 2 aliphatic rings. The maximum atomic E-state index is 10.2. The van der Waals surface area contributed by atoms with Crippen molar-refractivity contribution in [1.29, 1.82) is 0 Å². The first-order valence-corrected chi connectivity index (χ1v) is 6.96. The van der Waals surface area contributed by atoms with Gasteiger partial charge >= 0.3 is 0 Å². The SMILES string of the molecule is CC1(C)[C@@H](O)CC[C@@]2(C)[C@@H](CO)C(CO)=CC[C@@H]12. The van der Waals surface area contributed by atoms with E-state index in [1.165, 1.54) is 0 Å². The molecule has 2 aliphatic carbocycles. The number of fused-ring (bicyclic) bond motifs is 1. The van der Waals surface area contributed by atoms with Gasteiger partial charge in [-0.15, -0.1) is 0 Å². The van der Waals surface area contributed by atoms with E-state index in [0.29, 0.717) is 5.92 Å². The molecule has 0 heterocycles. The van der Waals surface area contributed by atoms with E-state index >= 15 is 0 Å². The Bertz CT molecular complexity index is 348. The zero-order valence-corrected chi connectivity index (χ0v) is 11.7. The lowest BCUT2D eigenvalue weighted by atomic mass is 9.48. The summed E-state index contributed by atoms with van der Waals surface area (Å²) >= 11 is 0. The fraction of sp³-hybridized carbons (Fsp3) is 0.867. The van der Waals surface area contributed by atoms with Crippen LogP contribution in [0.2, 0.25) is 0 Å². The molecule has 0 radical (unpaired) electrons. The number of allylic oxidation sites excluding steroid dienone is 1. The van der Waals surface area contributed by atoms with Crippen LogP contribution in [0.15, 0.2) is 11.6 Å². The summed E-state index contributed by atoms with van der Waals surface area (Å²) in [5.41, 5.74) is 0.839. The second-order valence-electron chi connectivity index (χ2n) is 6.84. The summed E-state index contributed by atoms with van der Waals surface area (Å²) < 4.78 is 0. The zero-order valence-electron chi connectivity index (χ0n) is 11.7. The summed E-state index contributed by atoms with van der Waals surface area (Å²) in [6, 6.07) is 0. The van der Waals surface area contributed by atoms with Gasteiger partial charge in [0.15, 0.2) is 0 Å². The highest BCUT2D eigenvalue weighted by Gasteiger charge is 2.55. The van der Waals surface area contributed by atoms with Crippen molar-refractivity contribution in [3.05, 3.63) is 11.6 Å². The third kappa shape index (κ3) is 1.84. The molecule has 104 valence electrons. The lowest BCUT2D eigenvalue weighted by molar-refractivity contribution is -0.122. The summed E-state index contributed by atoms with van der Waals surface area (Å²) in [6.45, 7) is 6.61. The van der Waals surface area contributed by atoms with E-state index in [1.54, 1.807) is 0 Å². The summed E-state index contributed by atoms with van der Waals surface area (Å²) in [4.78, 5) is 0. The Morgan fingerprint density at radius 1 is 1.28 bits per heavy atom. The van der Waals surface area contributed by atoms with Crippen molar-refractivity contribution in [2.45, 2.75) is 46.1 Å². The van der Waals surface area contributed by atoms with Gasteiger partial charge in [0.25, 0.3) is 0 Å². The molecule has 0 aromatic rings. The molecule has 0 saturated heterocycles. The normalized spacial score (nSPS) is 43.2. The zero-order chi connectivity index (χ0) is 13.6. The molecule has 0 aliphatic heterocycles. The first-order chi connectivity index (χ1) is 8.37. The van der Waals surface area contributed by atoms with Crippen LogP contribution in [-0.2, 0) is 0 Å². The van der Waals surface area contributed by atoms with Crippen LogP contribution in [0, 0.1) is 22.7 Å². The van der Waals surface area contributed by atoms with Gasteiger partial charge in [0.05, 0.1) is 19.3 Å². The van der Waals surface area contributed by atoms with Crippen molar-refractivity contribution in [3.8, 4) is 0 Å². The van der Waals surface area contributed by atoms with Gasteiger partial charge in [-0.1, -0.05) is 26.8 Å². The predicted molar refractivity (Wildman–Crippen MR) is 71.0 cm³/mol. The monoisotopic (exact) mass is 254 g/mol. The Morgan fingerprint density at radius 3 is 2.50 bits per heavy atom. The van der Waals surface area contributed by atoms with Crippen molar-refractivity contribution in [3.63, 3.8) is 0 Å². The lowest BCUT2D eigenvalue weighted by Crippen LogP contribution is -2.55. The quantitative estimate of drug-likeness (QED) is 0.658. The van der Waals surface area contributed by atoms with Crippen LogP contribution in [0.25, 0.3) is 0 Å². The summed E-state index contributed by atoms with van der Waals surface area (Å²) in [5.74, 6) is 0.397. The van der Waals surface area contributed by atoms with Gasteiger partial charge in [0, 0.05) is 5.92 Å². The molecule has 0 bridgehead atoms. The van der Waals surface area contributed by atoms with Crippen LogP contribution in [0.5, 0.6) is 0 Å². The van der Waals surface area contributed by atoms with E-state index in [2.05, 4.69) is 26.8 Å². The Balaban J connectivity index is 2.41. The molecule has 3 heteroatoms. The molecule has 3 nitrogen and oxygen atoms in total. The van der Waals surface area contributed by atoms with Gasteiger partial charge < -0.3 is 15.3 Å². The maximum absolute atomic E-state index is 10.2. The highest BCUT2D eigenvalue weighted by molar-refractivity contribution is 5.21. The Morgan fingerprint density at radius 2 is 1.94 bits per heavy atom. The van der Waals surface area contributed by atoms with E-state index in [-0.39, 0.29) is 36.1 Å². The molecule has 1 saturated carbocycles. The number of hydrogen-bond acceptors (Lipinski definition) is 3. The second kappa shape index (κ2) is 4.62. The van der Waals surface area contributed by atoms with E-state index < -0.39 is 0 Å². The third-order valence-corrected chi connectivity index (χ3v) is 5.73. The Kier molecular flexibility index (Phi) is 3.60. The first kappa shape index (κ1) is 14.0. The molecule has 0 aromatic heterocycles. The highest BCUT2D eigenvalue weighted by Crippen LogP contribution is 2.59. The van der Waals surface area contributed by atoms with E-state index in [0.717, 1.165) is 24.8 Å².